The number of likely N-dealkylation sites (tertiary alicyclic amines) is 1. The van der Waals surface area contributed by atoms with E-state index in [0.717, 1.165) is 25.9 Å². The van der Waals surface area contributed by atoms with Gasteiger partial charge < -0.3 is 15.5 Å². The Bertz CT molecular complexity index is 232. The van der Waals surface area contributed by atoms with E-state index >= 15 is 0 Å². The van der Waals surface area contributed by atoms with Crippen LogP contribution < -0.4 is 5.73 Å². The van der Waals surface area contributed by atoms with Gasteiger partial charge in [-0.05, 0) is 32.9 Å². The Morgan fingerprint density at radius 1 is 1.62 bits per heavy atom. The molecule has 0 aromatic carbocycles. The normalized spacial score (nSPS) is 23.4. The average Bonchev–Trinajstić information content (AvgIpc) is 2.63. The largest absolute Gasteiger partial charge is 0.343 e. The van der Waals surface area contributed by atoms with Crippen molar-refractivity contribution in [2.45, 2.75) is 44.7 Å². The quantitative estimate of drug-likeness (QED) is 0.751. The van der Waals surface area contributed by atoms with E-state index in [0.29, 0.717) is 6.04 Å². The second kappa shape index (κ2) is 6.21. The van der Waals surface area contributed by atoms with E-state index < -0.39 is 0 Å². The highest BCUT2D eigenvalue weighted by molar-refractivity contribution is 5.81. The standard InChI is InChI=1S/C12H25N3O/c1-4-6-11(13)12(16)15(3)9-10-7-5-8-14(10)2/h10-11H,4-9,13H2,1-3H3. The Balaban J connectivity index is 2.38. The smallest absolute Gasteiger partial charge is 0.239 e. The zero-order chi connectivity index (χ0) is 12.1. The highest BCUT2D eigenvalue weighted by Gasteiger charge is 2.25. The first-order chi connectivity index (χ1) is 7.56. The van der Waals surface area contributed by atoms with Gasteiger partial charge in [0.25, 0.3) is 0 Å². The number of likely N-dealkylation sites (N-methyl/N-ethyl adjacent to an activating group) is 2. The molecule has 94 valence electrons. The lowest BCUT2D eigenvalue weighted by Crippen LogP contribution is -2.46. The van der Waals surface area contributed by atoms with Crippen molar-refractivity contribution < 1.29 is 4.79 Å². The molecule has 4 nitrogen and oxygen atoms in total. The van der Waals surface area contributed by atoms with Crippen molar-refractivity contribution in [1.29, 1.82) is 0 Å². The summed E-state index contributed by atoms with van der Waals surface area (Å²) in [6.45, 7) is 4.01. The van der Waals surface area contributed by atoms with E-state index in [-0.39, 0.29) is 11.9 Å². The van der Waals surface area contributed by atoms with Gasteiger partial charge in [0.1, 0.15) is 0 Å². The van der Waals surface area contributed by atoms with Crippen LogP contribution in [0.15, 0.2) is 0 Å². The minimum Gasteiger partial charge on any atom is -0.343 e. The van der Waals surface area contributed by atoms with E-state index in [1.807, 2.05) is 7.05 Å². The molecule has 4 heteroatoms. The number of carbonyl (C=O) groups excluding carboxylic acids is 1. The van der Waals surface area contributed by atoms with Gasteiger partial charge in [-0.1, -0.05) is 13.3 Å². The molecule has 1 saturated heterocycles. The summed E-state index contributed by atoms with van der Waals surface area (Å²) < 4.78 is 0. The molecule has 1 amide bonds. The maximum Gasteiger partial charge on any atom is 0.239 e. The van der Waals surface area contributed by atoms with E-state index in [2.05, 4.69) is 18.9 Å². The van der Waals surface area contributed by atoms with Crippen LogP contribution in [0.4, 0.5) is 0 Å². The maximum absolute atomic E-state index is 11.9. The molecule has 2 N–H and O–H groups in total. The molecule has 16 heavy (non-hydrogen) atoms. The van der Waals surface area contributed by atoms with Crippen molar-refractivity contribution in [3.63, 3.8) is 0 Å². The highest BCUT2D eigenvalue weighted by Crippen LogP contribution is 2.15. The summed E-state index contributed by atoms with van der Waals surface area (Å²) >= 11 is 0. The number of hydrogen-bond acceptors (Lipinski definition) is 3. The van der Waals surface area contributed by atoms with Crippen molar-refractivity contribution >= 4 is 5.91 Å². The van der Waals surface area contributed by atoms with E-state index in [9.17, 15) is 4.79 Å². The number of nitrogens with two attached hydrogens (primary N) is 1. The van der Waals surface area contributed by atoms with Gasteiger partial charge in [0, 0.05) is 19.6 Å². The molecular formula is C12H25N3O. The fourth-order valence-electron chi connectivity index (χ4n) is 2.33. The number of carbonyl (C=O) groups is 1. The zero-order valence-corrected chi connectivity index (χ0v) is 10.8. The maximum atomic E-state index is 11.9. The number of rotatable bonds is 5. The average molecular weight is 227 g/mol. The third-order valence-electron chi connectivity index (χ3n) is 3.45. The van der Waals surface area contributed by atoms with Crippen LogP contribution in [-0.4, -0.2) is 55.0 Å². The lowest BCUT2D eigenvalue weighted by molar-refractivity contribution is -0.132. The molecule has 0 saturated carbocycles. The van der Waals surface area contributed by atoms with Gasteiger partial charge in [-0.15, -0.1) is 0 Å². The van der Waals surface area contributed by atoms with Crippen molar-refractivity contribution in [3.05, 3.63) is 0 Å². The molecule has 0 aliphatic carbocycles. The molecule has 2 unspecified atom stereocenters. The van der Waals surface area contributed by atoms with Crippen LogP contribution in [0, 0.1) is 0 Å². The number of hydrogen-bond donors (Lipinski definition) is 1. The molecular weight excluding hydrogens is 202 g/mol. The topological polar surface area (TPSA) is 49.6 Å². The summed E-state index contributed by atoms with van der Waals surface area (Å²) in [5.41, 5.74) is 5.83. The van der Waals surface area contributed by atoms with Gasteiger partial charge in [-0.3, -0.25) is 4.79 Å². The Morgan fingerprint density at radius 2 is 2.31 bits per heavy atom. The van der Waals surface area contributed by atoms with Crippen LogP contribution in [0.1, 0.15) is 32.6 Å². The van der Waals surface area contributed by atoms with Crippen LogP contribution in [0.25, 0.3) is 0 Å². The molecule has 1 fully saturated rings. The van der Waals surface area contributed by atoms with Crippen LogP contribution >= 0.6 is 0 Å². The summed E-state index contributed by atoms with van der Waals surface area (Å²) in [5, 5.41) is 0. The van der Waals surface area contributed by atoms with Crippen molar-refractivity contribution in [1.82, 2.24) is 9.80 Å². The van der Waals surface area contributed by atoms with Crippen molar-refractivity contribution in [3.8, 4) is 0 Å². The van der Waals surface area contributed by atoms with Gasteiger partial charge in [-0.2, -0.15) is 0 Å². The van der Waals surface area contributed by atoms with E-state index in [1.54, 1.807) is 4.90 Å². The predicted molar refractivity (Wildman–Crippen MR) is 66.2 cm³/mol. The highest BCUT2D eigenvalue weighted by atomic mass is 16.2. The fourth-order valence-corrected chi connectivity index (χ4v) is 2.33. The Morgan fingerprint density at radius 3 is 2.81 bits per heavy atom. The van der Waals surface area contributed by atoms with E-state index in [1.165, 1.54) is 12.8 Å². The lowest BCUT2D eigenvalue weighted by Gasteiger charge is -2.27. The Kier molecular flexibility index (Phi) is 5.22. The molecule has 1 aliphatic rings. The first-order valence-electron chi connectivity index (χ1n) is 6.27. The first-order valence-corrected chi connectivity index (χ1v) is 6.27. The number of nitrogens with zero attached hydrogens (tertiary/aromatic N) is 2. The molecule has 0 bridgehead atoms. The molecule has 2 atom stereocenters. The number of amides is 1. The molecule has 1 heterocycles. The second-order valence-corrected chi connectivity index (χ2v) is 4.89. The van der Waals surface area contributed by atoms with Crippen LogP contribution in [0.2, 0.25) is 0 Å². The van der Waals surface area contributed by atoms with Crippen molar-refractivity contribution in [2.75, 3.05) is 27.2 Å². The summed E-state index contributed by atoms with van der Waals surface area (Å²) in [7, 11) is 3.99. The molecule has 0 aromatic heterocycles. The minimum absolute atomic E-state index is 0.0853. The summed E-state index contributed by atoms with van der Waals surface area (Å²) in [6, 6.07) is 0.199. The molecule has 0 aromatic rings. The van der Waals surface area contributed by atoms with Crippen LogP contribution in [-0.2, 0) is 4.79 Å². The Hall–Kier alpha value is -0.610. The van der Waals surface area contributed by atoms with Crippen molar-refractivity contribution in [2.24, 2.45) is 5.73 Å². The van der Waals surface area contributed by atoms with Gasteiger partial charge in [-0.25, -0.2) is 0 Å². The predicted octanol–water partition coefficient (Wildman–Crippen LogP) is 0.666. The molecule has 1 rings (SSSR count). The van der Waals surface area contributed by atoms with Crippen LogP contribution in [0.3, 0.4) is 0 Å². The van der Waals surface area contributed by atoms with Gasteiger partial charge in [0.15, 0.2) is 0 Å². The third kappa shape index (κ3) is 3.46. The van der Waals surface area contributed by atoms with Gasteiger partial charge in [0.2, 0.25) is 5.91 Å². The molecule has 1 aliphatic heterocycles. The Labute approximate surface area is 98.8 Å². The van der Waals surface area contributed by atoms with E-state index in [4.69, 9.17) is 5.73 Å². The van der Waals surface area contributed by atoms with Gasteiger partial charge >= 0.3 is 0 Å². The zero-order valence-electron chi connectivity index (χ0n) is 10.8. The summed E-state index contributed by atoms with van der Waals surface area (Å²) in [6.07, 6.45) is 4.18. The molecule has 0 radical (unpaired) electrons. The van der Waals surface area contributed by atoms with Gasteiger partial charge in [0.05, 0.1) is 6.04 Å². The summed E-state index contributed by atoms with van der Waals surface area (Å²) in [5.74, 6) is 0.0853. The second-order valence-electron chi connectivity index (χ2n) is 4.89. The minimum atomic E-state index is -0.318. The third-order valence-corrected chi connectivity index (χ3v) is 3.45. The fraction of sp³-hybridized carbons (Fsp3) is 0.917. The van der Waals surface area contributed by atoms with Crippen LogP contribution in [0.5, 0.6) is 0 Å². The summed E-state index contributed by atoms with van der Waals surface area (Å²) in [4.78, 5) is 16.0. The lowest BCUT2D eigenvalue weighted by atomic mass is 10.1. The molecule has 0 spiro atoms. The SMILES string of the molecule is CCCC(N)C(=O)N(C)CC1CCCN1C. The first kappa shape index (κ1) is 13.5. The monoisotopic (exact) mass is 227 g/mol.